The Labute approximate surface area is 407 Å². The molecule has 2 aliphatic carbocycles. The molecule has 1 amide bonds. The lowest BCUT2D eigenvalue weighted by Gasteiger charge is -2.60. The highest BCUT2D eigenvalue weighted by Gasteiger charge is 2.65. The molecule has 366 valence electrons. The molecule has 0 aromatic heterocycles. The maximum absolute atomic E-state index is 15.5. The van der Waals surface area contributed by atoms with Crippen LogP contribution in [0.25, 0.3) is 0 Å². The summed E-state index contributed by atoms with van der Waals surface area (Å²) < 4.78 is 32.6. The number of aliphatic hydroxyl groups is 2. The smallest absolute Gasteiger partial charge is 0.269 e. The number of hydrogen-bond donors (Lipinski definition) is 2. The van der Waals surface area contributed by atoms with E-state index in [1.807, 2.05) is 30.3 Å². The summed E-state index contributed by atoms with van der Waals surface area (Å²) >= 11 is 0. The number of nitriles is 1. The molecule has 2 N–H and O–H groups in total. The number of aliphatic hydroxyl groups excluding tert-OH is 2. The highest BCUT2D eigenvalue weighted by atomic mass is 16.7. The molecule has 0 bridgehead atoms. The number of rotatable bonds is 23. The van der Waals surface area contributed by atoms with Crippen molar-refractivity contribution in [2.75, 3.05) is 52.9 Å². The number of non-ortho nitro benzene ring substituents is 1. The van der Waals surface area contributed by atoms with Gasteiger partial charge in [0.05, 0.1) is 34.8 Å². The maximum Gasteiger partial charge on any atom is 0.269 e. The zero-order valence-corrected chi connectivity index (χ0v) is 39.2. The van der Waals surface area contributed by atoms with Gasteiger partial charge in [-0.05, 0) is 121 Å². The number of carbonyl (C=O) groups is 1. The highest BCUT2D eigenvalue weighted by molar-refractivity contribution is 6.03. The van der Waals surface area contributed by atoms with Crippen LogP contribution in [0.15, 0.2) is 114 Å². The average Bonchev–Trinajstić information content (AvgIpc) is 4.09. The van der Waals surface area contributed by atoms with Gasteiger partial charge in [-0.15, -0.1) is 6.58 Å². The van der Waals surface area contributed by atoms with Crippen LogP contribution in [0.5, 0.6) is 23.0 Å². The molecule has 2 fully saturated rings. The van der Waals surface area contributed by atoms with E-state index in [2.05, 4.69) is 29.7 Å². The summed E-state index contributed by atoms with van der Waals surface area (Å²) in [5, 5.41) is 46.2. The number of nitro benzene ring substituents is 1. The van der Waals surface area contributed by atoms with Crippen LogP contribution in [0.2, 0.25) is 0 Å². The first kappa shape index (κ1) is 48.3. The maximum atomic E-state index is 15.5. The Morgan fingerprint density at radius 2 is 1.70 bits per heavy atom. The van der Waals surface area contributed by atoms with Crippen molar-refractivity contribution in [3.05, 3.63) is 147 Å². The van der Waals surface area contributed by atoms with Crippen LogP contribution in [-0.4, -0.2) is 101 Å². The summed E-state index contributed by atoms with van der Waals surface area (Å²) in [5.41, 5.74) is 4.52. The number of benzene rings is 4. The van der Waals surface area contributed by atoms with E-state index >= 15 is 4.79 Å². The van der Waals surface area contributed by atoms with Gasteiger partial charge in [0, 0.05) is 75.0 Å². The Balaban J connectivity index is 1.23. The molecule has 0 radical (unpaired) electrons. The van der Waals surface area contributed by atoms with Crippen molar-refractivity contribution in [3.63, 3.8) is 0 Å². The summed E-state index contributed by atoms with van der Waals surface area (Å²) in [6, 6.07) is 25.5. The van der Waals surface area contributed by atoms with Crippen LogP contribution < -0.4 is 18.9 Å². The molecule has 5 aliphatic rings. The van der Waals surface area contributed by atoms with Crippen molar-refractivity contribution in [2.24, 2.45) is 22.9 Å². The molecule has 6 unspecified atom stereocenters. The van der Waals surface area contributed by atoms with Crippen LogP contribution in [0.3, 0.4) is 0 Å². The molecule has 3 aliphatic heterocycles. The van der Waals surface area contributed by atoms with E-state index in [1.165, 1.54) is 12.1 Å². The quantitative estimate of drug-likeness (QED) is 0.0238. The Morgan fingerprint density at radius 1 is 0.957 bits per heavy atom. The van der Waals surface area contributed by atoms with Crippen molar-refractivity contribution < 1.29 is 48.5 Å². The number of hydrogen-bond acceptors (Lipinski definition) is 14. The second-order valence-corrected chi connectivity index (χ2v) is 18.5. The lowest BCUT2D eigenvalue weighted by atomic mass is 9.55. The molecular formula is C54H59N5O11. The average molecular weight is 954 g/mol. The Morgan fingerprint density at radius 3 is 2.43 bits per heavy atom. The van der Waals surface area contributed by atoms with Crippen molar-refractivity contribution in [2.45, 2.75) is 75.8 Å². The van der Waals surface area contributed by atoms with E-state index in [1.54, 1.807) is 47.4 Å². The molecule has 4 aromatic carbocycles. The van der Waals surface area contributed by atoms with Gasteiger partial charge in [0.15, 0.2) is 11.5 Å². The summed E-state index contributed by atoms with van der Waals surface area (Å²) in [6.07, 6.45) is 8.37. The first-order chi connectivity index (χ1) is 34.2. The van der Waals surface area contributed by atoms with E-state index in [9.17, 15) is 25.6 Å². The molecule has 4 aromatic rings. The summed E-state index contributed by atoms with van der Waals surface area (Å²) in [5.74, 6) is -0.339. The number of amides is 1. The van der Waals surface area contributed by atoms with E-state index < -0.39 is 22.7 Å². The Kier molecular flexibility index (Phi) is 15.1. The number of unbranched alkanes of at least 4 members (excludes halogenated alkanes) is 2. The van der Waals surface area contributed by atoms with Gasteiger partial charge in [-0.2, -0.15) is 5.26 Å². The van der Waals surface area contributed by atoms with Gasteiger partial charge in [0.1, 0.15) is 30.8 Å². The minimum Gasteiger partial charge on any atom is -0.492 e. The fraction of sp³-hybridized carbons (Fsp3) is 0.426. The lowest BCUT2D eigenvalue weighted by Crippen LogP contribution is -2.70. The number of nitrogens with zero attached hydrogens (tertiary/aromatic N) is 5. The minimum absolute atomic E-state index is 0.00164. The fourth-order valence-electron chi connectivity index (χ4n) is 10.6. The number of allylic oxidation sites excluding steroid dienone is 1. The van der Waals surface area contributed by atoms with E-state index in [4.69, 9.17) is 33.7 Å². The first-order valence-electron chi connectivity index (χ1n) is 24.2. The van der Waals surface area contributed by atoms with Gasteiger partial charge in [-0.3, -0.25) is 19.8 Å². The highest BCUT2D eigenvalue weighted by Crippen LogP contribution is 2.62. The molecule has 1 saturated carbocycles. The number of fused-ring (bicyclic) bond motifs is 3. The van der Waals surface area contributed by atoms with Gasteiger partial charge >= 0.3 is 0 Å². The van der Waals surface area contributed by atoms with E-state index in [0.717, 1.165) is 62.0 Å². The van der Waals surface area contributed by atoms with Crippen molar-refractivity contribution in [1.82, 2.24) is 9.80 Å². The van der Waals surface area contributed by atoms with Crippen LogP contribution in [-0.2, 0) is 22.7 Å². The molecule has 0 spiro atoms. The number of nitro groups is 1. The van der Waals surface area contributed by atoms with Crippen molar-refractivity contribution >= 4 is 17.3 Å². The molecule has 3 heterocycles. The predicted octanol–water partition coefficient (Wildman–Crippen LogP) is 8.07. The molecule has 16 heteroatoms. The van der Waals surface area contributed by atoms with Crippen LogP contribution in [0, 0.1) is 39.2 Å². The van der Waals surface area contributed by atoms with Gasteiger partial charge in [0.25, 0.3) is 11.6 Å². The third kappa shape index (κ3) is 10.4. The Hall–Kier alpha value is -6.77. The van der Waals surface area contributed by atoms with Gasteiger partial charge in [0.2, 0.25) is 12.6 Å². The SMILES string of the molecule is C=CCOC12Oc3ccc(OCCN4CC4)cc3C3C(CCCCO)C(CCCCO)C=C(C(=NOCc4ccc([N+](=O)[O-])cc4)CC1N(Cc1ccc4c(c1)OCO4)C(=O)c1ccc(C#N)cc1)C32. The molecular weight excluding hydrogens is 895 g/mol. The molecule has 16 nitrogen and oxygen atoms in total. The molecule has 9 rings (SSSR count). The topological polar surface area (TPSA) is 198 Å². The number of ether oxygens (including phenoxy) is 5. The summed E-state index contributed by atoms with van der Waals surface area (Å²) in [7, 11) is 0. The van der Waals surface area contributed by atoms with Crippen LogP contribution in [0.4, 0.5) is 5.69 Å². The fourth-order valence-corrected chi connectivity index (χ4v) is 10.6. The largest absolute Gasteiger partial charge is 0.492 e. The normalized spacial score (nSPS) is 23.2. The van der Waals surface area contributed by atoms with Gasteiger partial charge < -0.3 is 43.6 Å². The lowest BCUT2D eigenvalue weighted by molar-refractivity contribution is -0.384. The number of oxime groups is 1. The predicted molar refractivity (Wildman–Crippen MR) is 258 cm³/mol. The van der Waals surface area contributed by atoms with E-state index in [0.29, 0.717) is 64.8 Å². The monoisotopic (exact) mass is 953 g/mol. The Bertz CT molecular complexity index is 2630. The third-order valence-electron chi connectivity index (χ3n) is 14.1. The van der Waals surface area contributed by atoms with Crippen LogP contribution in [0.1, 0.15) is 83.5 Å². The van der Waals surface area contributed by atoms with Gasteiger partial charge in [-0.25, -0.2) is 0 Å². The standard InChI is InChI=1S/C54H59N5O11/c1-2-26-68-54-50(58(53(62)39-14-9-36(32-55)10-15-39)33-38-13-19-48-49(28-38)67-35-66-48)31-46(56-69-34-37-11-16-41(17-12-37)59(63)64)44-29-40(7-3-5-24-60)43(8-4-6-25-61)51(52(44)54)45-30-42(18-20-47(45)70-54)65-27-23-57-21-22-57/h2,9-20,28-30,40,43,50-52,60-61H,1,3-8,21-27,31,33-35H2. The zero-order chi connectivity index (χ0) is 48.6. The van der Waals surface area contributed by atoms with Gasteiger partial charge in [-0.1, -0.05) is 36.2 Å². The molecule has 6 atom stereocenters. The second-order valence-electron chi connectivity index (χ2n) is 18.5. The minimum atomic E-state index is -1.55. The van der Waals surface area contributed by atoms with Crippen molar-refractivity contribution in [1.29, 1.82) is 5.26 Å². The molecule has 70 heavy (non-hydrogen) atoms. The first-order valence-corrected chi connectivity index (χ1v) is 24.2. The zero-order valence-electron chi connectivity index (χ0n) is 39.2. The van der Waals surface area contributed by atoms with Crippen molar-refractivity contribution in [3.8, 4) is 29.1 Å². The summed E-state index contributed by atoms with van der Waals surface area (Å²) in [4.78, 5) is 36.9. The number of carbonyl (C=O) groups excluding carboxylic acids is 1. The third-order valence-corrected chi connectivity index (χ3v) is 14.1. The molecule has 1 saturated heterocycles. The van der Waals surface area contributed by atoms with E-state index in [-0.39, 0.29) is 75.5 Å². The second kappa shape index (κ2) is 21.9. The van der Waals surface area contributed by atoms with Crippen LogP contribution >= 0.6 is 0 Å². The summed E-state index contributed by atoms with van der Waals surface area (Å²) in [6.45, 7) is 7.87.